The van der Waals surface area contributed by atoms with Gasteiger partial charge in [0.2, 0.25) is 0 Å². The van der Waals surface area contributed by atoms with Crippen LogP contribution >= 0.6 is 0 Å². The SMILES string of the molecule is CN=C(NCc1ccc(-n2cccn2)cc1)N1CCC(C)(C)C1. The van der Waals surface area contributed by atoms with Crippen molar-refractivity contribution in [1.29, 1.82) is 0 Å². The van der Waals surface area contributed by atoms with E-state index in [1.165, 1.54) is 12.0 Å². The van der Waals surface area contributed by atoms with Gasteiger partial charge in [0.15, 0.2) is 5.96 Å². The van der Waals surface area contributed by atoms with Gasteiger partial charge >= 0.3 is 0 Å². The Hall–Kier alpha value is -2.30. The molecule has 23 heavy (non-hydrogen) atoms. The molecular formula is C18H25N5. The first-order valence-corrected chi connectivity index (χ1v) is 8.12. The number of guanidine groups is 1. The molecule has 1 aromatic carbocycles. The molecule has 2 aromatic rings. The van der Waals surface area contributed by atoms with Crippen molar-refractivity contribution in [3.05, 3.63) is 48.3 Å². The summed E-state index contributed by atoms with van der Waals surface area (Å²) in [7, 11) is 1.86. The molecule has 0 bridgehead atoms. The van der Waals surface area contributed by atoms with Crippen LogP contribution < -0.4 is 5.32 Å². The molecule has 1 aromatic heterocycles. The summed E-state index contributed by atoms with van der Waals surface area (Å²) in [4.78, 5) is 6.77. The Kier molecular flexibility index (Phi) is 4.37. The molecule has 1 N–H and O–H groups in total. The number of hydrogen-bond acceptors (Lipinski definition) is 2. The normalized spacial score (nSPS) is 17.5. The fraction of sp³-hybridized carbons (Fsp3) is 0.444. The van der Waals surface area contributed by atoms with Gasteiger partial charge in [-0.05, 0) is 35.6 Å². The fourth-order valence-corrected chi connectivity index (χ4v) is 2.99. The lowest BCUT2D eigenvalue weighted by Gasteiger charge is -2.23. The van der Waals surface area contributed by atoms with E-state index in [4.69, 9.17) is 0 Å². The van der Waals surface area contributed by atoms with Gasteiger partial charge < -0.3 is 10.2 Å². The molecule has 0 aliphatic carbocycles. The smallest absolute Gasteiger partial charge is 0.193 e. The predicted octanol–water partition coefficient (Wildman–Crippen LogP) is 2.68. The van der Waals surface area contributed by atoms with Gasteiger partial charge in [-0.3, -0.25) is 4.99 Å². The van der Waals surface area contributed by atoms with Crippen LogP contribution in [0.3, 0.4) is 0 Å². The summed E-state index contributed by atoms with van der Waals surface area (Å²) in [6.07, 6.45) is 4.95. The number of nitrogens with zero attached hydrogens (tertiary/aromatic N) is 4. The van der Waals surface area contributed by atoms with Crippen molar-refractivity contribution in [2.24, 2.45) is 10.4 Å². The third-order valence-corrected chi connectivity index (χ3v) is 4.34. The second-order valence-corrected chi connectivity index (χ2v) is 6.85. The first-order chi connectivity index (χ1) is 11.1. The van der Waals surface area contributed by atoms with Crippen LogP contribution in [0.5, 0.6) is 0 Å². The number of likely N-dealkylation sites (tertiary alicyclic amines) is 1. The Bertz CT molecular complexity index is 655. The van der Waals surface area contributed by atoms with Gasteiger partial charge in [-0.15, -0.1) is 0 Å². The lowest BCUT2D eigenvalue weighted by atomic mass is 9.93. The second-order valence-electron chi connectivity index (χ2n) is 6.85. The zero-order chi connectivity index (χ0) is 16.3. The summed E-state index contributed by atoms with van der Waals surface area (Å²) in [6, 6.07) is 10.4. The minimum Gasteiger partial charge on any atom is -0.352 e. The van der Waals surface area contributed by atoms with E-state index < -0.39 is 0 Å². The Morgan fingerprint density at radius 3 is 2.65 bits per heavy atom. The van der Waals surface area contributed by atoms with E-state index in [1.54, 1.807) is 6.20 Å². The van der Waals surface area contributed by atoms with Crippen LogP contribution in [0.25, 0.3) is 5.69 Å². The van der Waals surface area contributed by atoms with Crippen molar-refractivity contribution in [2.75, 3.05) is 20.1 Å². The maximum atomic E-state index is 4.43. The maximum Gasteiger partial charge on any atom is 0.193 e. The van der Waals surface area contributed by atoms with Crippen LogP contribution in [-0.2, 0) is 6.54 Å². The molecular weight excluding hydrogens is 286 g/mol. The molecule has 3 rings (SSSR count). The lowest BCUT2D eigenvalue weighted by Crippen LogP contribution is -2.40. The molecule has 1 aliphatic rings. The lowest BCUT2D eigenvalue weighted by molar-refractivity contribution is 0.370. The molecule has 1 aliphatic heterocycles. The average Bonchev–Trinajstić information content (AvgIpc) is 3.18. The van der Waals surface area contributed by atoms with Crippen LogP contribution in [0.4, 0.5) is 0 Å². The molecule has 2 heterocycles. The summed E-state index contributed by atoms with van der Waals surface area (Å²) in [5, 5.41) is 7.72. The van der Waals surface area contributed by atoms with E-state index in [1.807, 2.05) is 24.0 Å². The Morgan fingerprint density at radius 2 is 2.09 bits per heavy atom. The molecule has 0 amide bonds. The molecule has 0 unspecified atom stereocenters. The first-order valence-electron chi connectivity index (χ1n) is 8.12. The van der Waals surface area contributed by atoms with Gasteiger partial charge in [0, 0.05) is 39.1 Å². The standard InChI is InChI=1S/C18H25N5/c1-18(2)9-12-22(14-18)17(19-3)20-13-15-5-7-16(8-6-15)23-11-4-10-21-23/h4-8,10-11H,9,12-14H2,1-3H3,(H,19,20). The van der Waals surface area contributed by atoms with Gasteiger partial charge in [0.25, 0.3) is 0 Å². The van der Waals surface area contributed by atoms with Crippen LogP contribution in [0.1, 0.15) is 25.8 Å². The monoisotopic (exact) mass is 311 g/mol. The minimum atomic E-state index is 0.378. The number of aromatic nitrogens is 2. The van der Waals surface area contributed by atoms with Crippen LogP contribution in [0.2, 0.25) is 0 Å². The van der Waals surface area contributed by atoms with Crippen LogP contribution in [0, 0.1) is 5.41 Å². The molecule has 1 fully saturated rings. The van der Waals surface area contributed by atoms with Crippen molar-refractivity contribution in [3.8, 4) is 5.69 Å². The number of aliphatic imine (C=N–C) groups is 1. The first kappa shape index (κ1) is 15.6. The molecule has 1 saturated heterocycles. The minimum absolute atomic E-state index is 0.378. The van der Waals surface area contributed by atoms with E-state index in [0.717, 1.165) is 31.3 Å². The number of benzene rings is 1. The Balaban J connectivity index is 1.59. The Labute approximate surface area is 138 Å². The largest absolute Gasteiger partial charge is 0.352 e. The van der Waals surface area contributed by atoms with Gasteiger partial charge in [0.05, 0.1) is 5.69 Å². The predicted molar refractivity (Wildman–Crippen MR) is 93.7 cm³/mol. The van der Waals surface area contributed by atoms with E-state index in [9.17, 15) is 0 Å². The number of hydrogen-bond donors (Lipinski definition) is 1. The molecule has 0 atom stereocenters. The highest BCUT2D eigenvalue weighted by molar-refractivity contribution is 5.80. The molecule has 5 nitrogen and oxygen atoms in total. The summed E-state index contributed by atoms with van der Waals surface area (Å²) >= 11 is 0. The van der Waals surface area contributed by atoms with Gasteiger partial charge in [0.1, 0.15) is 0 Å². The van der Waals surface area contributed by atoms with Crippen molar-refractivity contribution < 1.29 is 0 Å². The van der Waals surface area contributed by atoms with E-state index in [2.05, 4.69) is 58.4 Å². The van der Waals surface area contributed by atoms with Crippen molar-refractivity contribution in [3.63, 3.8) is 0 Å². The summed E-state index contributed by atoms with van der Waals surface area (Å²) in [6.45, 7) is 7.54. The molecule has 0 spiro atoms. The topological polar surface area (TPSA) is 45.5 Å². The van der Waals surface area contributed by atoms with E-state index in [0.29, 0.717) is 5.41 Å². The fourth-order valence-electron chi connectivity index (χ4n) is 2.99. The van der Waals surface area contributed by atoms with E-state index >= 15 is 0 Å². The highest BCUT2D eigenvalue weighted by Crippen LogP contribution is 2.28. The number of rotatable bonds is 3. The molecule has 5 heteroatoms. The molecule has 122 valence electrons. The summed E-state index contributed by atoms with van der Waals surface area (Å²) in [5.74, 6) is 0.992. The highest BCUT2D eigenvalue weighted by atomic mass is 15.3. The van der Waals surface area contributed by atoms with Crippen LogP contribution in [-0.4, -0.2) is 40.8 Å². The quantitative estimate of drug-likeness (QED) is 0.700. The summed E-state index contributed by atoms with van der Waals surface area (Å²) in [5.41, 5.74) is 2.69. The van der Waals surface area contributed by atoms with Gasteiger partial charge in [-0.25, -0.2) is 4.68 Å². The van der Waals surface area contributed by atoms with Crippen molar-refractivity contribution >= 4 is 5.96 Å². The average molecular weight is 311 g/mol. The van der Waals surface area contributed by atoms with E-state index in [-0.39, 0.29) is 0 Å². The third kappa shape index (κ3) is 3.73. The zero-order valence-corrected chi connectivity index (χ0v) is 14.2. The zero-order valence-electron chi connectivity index (χ0n) is 14.2. The number of nitrogens with one attached hydrogen (secondary N) is 1. The third-order valence-electron chi connectivity index (χ3n) is 4.34. The highest BCUT2D eigenvalue weighted by Gasteiger charge is 2.30. The van der Waals surface area contributed by atoms with Crippen molar-refractivity contribution in [1.82, 2.24) is 20.0 Å². The second kappa shape index (κ2) is 6.44. The van der Waals surface area contributed by atoms with Gasteiger partial charge in [-0.1, -0.05) is 26.0 Å². The molecule has 0 saturated carbocycles. The maximum absolute atomic E-state index is 4.43. The molecule has 0 radical (unpaired) electrons. The Morgan fingerprint density at radius 1 is 1.30 bits per heavy atom. The van der Waals surface area contributed by atoms with Gasteiger partial charge in [-0.2, -0.15) is 5.10 Å². The van der Waals surface area contributed by atoms with Crippen molar-refractivity contribution in [2.45, 2.75) is 26.8 Å². The van der Waals surface area contributed by atoms with Crippen LogP contribution in [0.15, 0.2) is 47.7 Å². The summed E-state index contributed by atoms with van der Waals surface area (Å²) < 4.78 is 1.86.